The number of allylic oxidation sites excluding steroid dienone is 4. The van der Waals surface area contributed by atoms with E-state index in [0.717, 1.165) is 6.42 Å². The lowest BCUT2D eigenvalue weighted by Crippen LogP contribution is -2.31. The molecule has 0 aromatic carbocycles. The number of ether oxygens (including phenoxy) is 2. The first-order valence-electron chi connectivity index (χ1n) is 5.59. The zero-order chi connectivity index (χ0) is 11.5. The molecule has 0 N–H and O–H groups in total. The van der Waals surface area contributed by atoms with Gasteiger partial charge in [-0.3, -0.25) is 4.79 Å². The van der Waals surface area contributed by atoms with E-state index in [-0.39, 0.29) is 18.2 Å². The fourth-order valence-electron chi connectivity index (χ4n) is 1.96. The Hall–Kier alpha value is -1.51. The van der Waals surface area contributed by atoms with Crippen molar-refractivity contribution in [1.82, 2.24) is 0 Å². The second-order valence-corrected chi connectivity index (χ2v) is 4.23. The highest BCUT2D eigenvalue weighted by molar-refractivity contribution is 5.78. The Morgan fingerprint density at radius 1 is 1.12 bits per heavy atom. The maximum absolute atomic E-state index is 11.8. The third kappa shape index (κ3) is 2.35. The number of hydrogen-bond acceptors (Lipinski definition) is 3. The molecule has 0 spiro atoms. The van der Waals surface area contributed by atoms with Crippen LogP contribution in [0.2, 0.25) is 0 Å². The van der Waals surface area contributed by atoms with Gasteiger partial charge in [-0.1, -0.05) is 24.3 Å². The van der Waals surface area contributed by atoms with Gasteiger partial charge in [0.25, 0.3) is 0 Å². The second kappa shape index (κ2) is 4.56. The third-order valence-corrected chi connectivity index (χ3v) is 2.67. The quantitative estimate of drug-likeness (QED) is 0.588. The number of fused-ring (bicyclic) bond motifs is 1. The average molecular weight is 220 g/mol. The first kappa shape index (κ1) is 11.0. The molecule has 1 aliphatic carbocycles. The molecule has 0 amide bonds. The van der Waals surface area contributed by atoms with E-state index in [9.17, 15) is 4.79 Å². The van der Waals surface area contributed by atoms with Crippen molar-refractivity contribution < 1.29 is 14.3 Å². The van der Waals surface area contributed by atoms with Crippen molar-refractivity contribution in [3.63, 3.8) is 0 Å². The van der Waals surface area contributed by atoms with Gasteiger partial charge in [-0.25, -0.2) is 0 Å². The van der Waals surface area contributed by atoms with Gasteiger partial charge in [0.15, 0.2) is 0 Å². The monoisotopic (exact) mass is 220 g/mol. The first-order valence-corrected chi connectivity index (χ1v) is 5.59. The Bertz CT molecular complexity index is 365. The zero-order valence-electron chi connectivity index (χ0n) is 9.55. The van der Waals surface area contributed by atoms with Crippen molar-refractivity contribution >= 4 is 5.97 Å². The Morgan fingerprint density at radius 2 is 1.88 bits per heavy atom. The van der Waals surface area contributed by atoms with E-state index >= 15 is 0 Å². The fraction of sp³-hybridized carbons (Fsp3) is 0.462. The maximum atomic E-state index is 11.8. The van der Waals surface area contributed by atoms with Crippen LogP contribution >= 0.6 is 0 Å². The summed E-state index contributed by atoms with van der Waals surface area (Å²) in [7, 11) is 0. The molecule has 1 aliphatic heterocycles. The smallest absolute Gasteiger partial charge is 0.320 e. The van der Waals surface area contributed by atoms with Gasteiger partial charge in [-0.2, -0.15) is 0 Å². The van der Waals surface area contributed by atoms with Crippen LogP contribution in [0, 0.1) is 5.92 Å². The molecule has 0 radical (unpaired) electrons. The van der Waals surface area contributed by atoms with Crippen LogP contribution in [0.25, 0.3) is 0 Å². The first-order chi connectivity index (χ1) is 7.66. The Kier molecular flexibility index (Phi) is 3.13. The van der Waals surface area contributed by atoms with E-state index in [1.54, 1.807) is 0 Å². The minimum absolute atomic E-state index is 0.0664. The van der Waals surface area contributed by atoms with Crippen LogP contribution < -0.4 is 0 Å². The van der Waals surface area contributed by atoms with Crippen LogP contribution in [-0.4, -0.2) is 18.2 Å². The van der Waals surface area contributed by atoms with Crippen molar-refractivity contribution in [1.29, 1.82) is 0 Å². The molecule has 0 saturated carbocycles. The minimum Gasteiger partial charge on any atom is -0.494 e. The lowest BCUT2D eigenvalue weighted by molar-refractivity contribution is -0.155. The highest BCUT2D eigenvalue weighted by atomic mass is 16.6. The molecule has 0 aromatic heterocycles. The summed E-state index contributed by atoms with van der Waals surface area (Å²) in [6.45, 7) is 3.89. The fourth-order valence-corrected chi connectivity index (χ4v) is 1.96. The van der Waals surface area contributed by atoms with E-state index in [1.807, 2.05) is 44.2 Å². The third-order valence-electron chi connectivity index (χ3n) is 2.67. The van der Waals surface area contributed by atoms with Gasteiger partial charge >= 0.3 is 5.97 Å². The molecular formula is C13H16O3. The van der Waals surface area contributed by atoms with Crippen LogP contribution in [-0.2, 0) is 14.3 Å². The molecule has 1 heterocycles. The van der Waals surface area contributed by atoms with E-state index in [1.165, 1.54) is 0 Å². The highest BCUT2D eigenvalue weighted by Gasteiger charge is 2.29. The van der Waals surface area contributed by atoms with Gasteiger partial charge < -0.3 is 9.47 Å². The summed E-state index contributed by atoms with van der Waals surface area (Å²) in [5.41, 5.74) is 0. The van der Waals surface area contributed by atoms with Crippen molar-refractivity contribution in [2.75, 3.05) is 0 Å². The van der Waals surface area contributed by atoms with Crippen molar-refractivity contribution in [2.45, 2.75) is 32.5 Å². The molecule has 3 atom stereocenters. The number of rotatable bonds is 0. The van der Waals surface area contributed by atoms with Gasteiger partial charge in [0.2, 0.25) is 0 Å². The van der Waals surface area contributed by atoms with Gasteiger partial charge in [-0.05, 0) is 19.9 Å². The van der Waals surface area contributed by atoms with E-state index in [4.69, 9.17) is 9.47 Å². The highest BCUT2D eigenvalue weighted by Crippen LogP contribution is 2.25. The standard InChI is InChI=1S/C13H16O3/c1-9-8-10(2)16-13(14)11-6-4-3-5-7-12(11)15-9/h3-7,9-11H,8H2,1-2H3. The Labute approximate surface area is 95.4 Å². The summed E-state index contributed by atoms with van der Waals surface area (Å²) in [5.74, 6) is 0.0419. The van der Waals surface area contributed by atoms with Crippen molar-refractivity contribution in [2.24, 2.45) is 5.92 Å². The number of esters is 1. The van der Waals surface area contributed by atoms with Gasteiger partial charge in [0.1, 0.15) is 17.8 Å². The molecule has 1 saturated heterocycles. The summed E-state index contributed by atoms with van der Waals surface area (Å²) in [5, 5.41) is 0. The molecule has 2 aliphatic rings. The van der Waals surface area contributed by atoms with Gasteiger partial charge in [0, 0.05) is 6.42 Å². The number of carbonyl (C=O) groups excluding carboxylic acids is 1. The van der Waals surface area contributed by atoms with Crippen molar-refractivity contribution in [3.8, 4) is 0 Å². The van der Waals surface area contributed by atoms with Crippen LogP contribution in [0.15, 0.2) is 36.1 Å². The predicted octanol–water partition coefficient (Wildman–Crippen LogP) is 2.35. The molecule has 86 valence electrons. The maximum Gasteiger partial charge on any atom is 0.320 e. The minimum atomic E-state index is -0.403. The summed E-state index contributed by atoms with van der Waals surface area (Å²) in [6.07, 6.45) is 9.93. The van der Waals surface area contributed by atoms with Crippen LogP contribution in [0.1, 0.15) is 20.3 Å². The zero-order valence-corrected chi connectivity index (χ0v) is 9.55. The molecule has 3 nitrogen and oxygen atoms in total. The molecule has 16 heavy (non-hydrogen) atoms. The number of cyclic esters (lactones) is 1. The predicted molar refractivity (Wildman–Crippen MR) is 60.6 cm³/mol. The summed E-state index contributed by atoms with van der Waals surface area (Å²) in [4.78, 5) is 11.8. The summed E-state index contributed by atoms with van der Waals surface area (Å²) in [6, 6.07) is 0. The molecule has 2 rings (SSSR count). The van der Waals surface area contributed by atoms with Crippen LogP contribution in [0.3, 0.4) is 0 Å². The lowest BCUT2D eigenvalue weighted by Gasteiger charge is -2.27. The van der Waals surface area contributed by atoms with Crippen LogP contribution in [0.4, 0.5) is 0 Å². The van der Waals surface area contributed by atoms with Crippen molar-refractivity contribution in [3.05, 3.63) is 36.1 Å². The largest absolute Gasteiger partial charge is 0.494 e. The number of carbonyl (C=O) groups is 1. The lowest BCUT2D eigenvalue weighted by atomic mass is 10.1. The van der Waals surface area contributed by atoms with Gasteiger partial charge in [-0.15, -0.1) is 0 Å². The molecule has 3 heteroatoms. The Balaban J connectivity index is 2.27. The van der Waals surface area contributed by atoms with E-state index in [0.29, 0.717) is 5.76 Å². The molecule has 0 bridgehead atoms. The van der Waals surface area contributed by atoms with Crippen LogP contribution in [0.5, 0.6) is 0 Å². The van der Waals surface area contributed by atoms with E-state index < -0.39 is 5.92 Å². The van der Waals surface area contributed by atoms with E-state index in [2.05, 4.69) is 0 Å². The molecular weight excluding hydrogens is 204 g/mol. The van der Waals surface area contributed by atoms with Gasteiger partial charge in [0.05, 0.1) is 6.10 Å². The number of hydrogen-bond donors (Lipinski definition) is 0. The SMILES string of the molecule is CC1CC(C)OC2=CC=CC=CC2C(=O)O1. The summed E-state index contributed by atoms with van der Waals surface area (Å²) >= 11 is 0. The molecule has 0 aromatic rings. The normalized spacial score (nSPS) is 33.8. The average Bonchev–Trinajstić information content (AvgIpc) is 2.40. The molecule has 3 unspecified atom stereocenters. The Morgan fingerprint density at radius 3 is 2.69 bits per heavy atom. The topological polar surface area (TPSA) is 35.5 Å². The summed E-state index contributed by atoms with van der Waals surface area (Å²) < 4.78 is 11.1. The molecule has 1 fully saturated rings. The second-order valence-electron chi connectivity index (χ2n) is 4.23.